The summed E-state index contributed by atoms with van der Waals surface area (Å²) in [6.07, 6.45) is 0. The molecule has 278 valence electrons. The van der Waals surface area contributed by atoms with Crippen molar-refractivity contribution in [1.29, 1.82) is 0 Å². The van der Waals surface area contributed by atoms with Gasteiger partial charge in [0.1, 0.15) is 0 Å². The number of fused-ring (bicyclic) bond motifs is 13. The molecule has 0 bridgehead atoms. The molecule has 0 saturated carbocycles. The van der Waals surface area contributed by atoms with E-state index in [2.05, 4.69) is 231 Å². The Morgan fingerprint density at radius 1 is 0.305 bits per heavy atom. The normalized spacial score (nSPS) is 14.2. The Kier molecular flexibility index (Phi) is 7.26. The van der Waals surface area contributed by atoms with Gasteiger partial charge in [0.05, 0.1) is 16.8 Å². The number of rotatable bonds is 5. The van der Waals surface area contributed by atoms with Gasteiger partial charge in [-0.05, 0) is 102 Å². The lowest BCUT2D eigenvalue weighted by Gasteiger charge is -2.33. The van der Waals surface area contributed by atoms with Gasteiger partial charge in [-0.3, -0.25) is 0 Å². The summed E-state index contributed by atoms with van der Waals surface area (Å²) in [5, 5.41) is 0. The van der Waals surface area contributed by atoms with Crippen LogP contribution in [0.1, 0.15) is 47.2 Å². The van der Waals surface area contributed by atoms with Crippen molar-refractivity contribution in [2.24, 2.45) is 0 Å². The number of hydrogen-bond acceptors (Lipinski definition) is 1. The zero-order chi connectivity index (χ0) is 39.3. The topological polar surface area (TPSA) is 3.24 Å². The van der Waals surface area contributed by atoms with E-state index in [9.17, 15) is 0 Å². The predicted molar refractivity (Wildman–Crippen MR) is 246 cm³/mol. The molecule has 1 spiro atoms. The van der Waals surface area contributed by atoms with E-state index in [1.54, 1.807) is 0 Å². The van der Waals surface area contributed by atoms with E-state index < -0.39 is 5.41 Å². The van der Waals surface area contributed by atoms with Crippen LogP contribution in [0.4, 0.5) is 17.1 Å². The van der Waals surface area contributed by atoms with Gasteiger partial charge in [-0.1, -0.05) is 202 Å². The molecule has 1 heteroatoms. The summed E-state index contributed by atoms with van der Waals surface area (Å²) in [4.78, 5) is 2.56. The van der Waals surface area contributed by atoms with Gasteiger partial charge in [0.15, 0.2) is 0 Å². The zero-order valence-electron chi connectivity index (χ0n) is 33.2. The molecule has 0 radical (unpaired) electrons. The number of nitrogens with zero attached hydrogens (tertiary/aromatic N) is 1. The van der Waals surface area contributed by atoms with Crippen LogP contribution in [0.5, 0.6) is 0 Å². The van der Waals surface area contributed by atoms with Crippen molar-refractivity contribution in [1.82, 2.24) is 0 Å². The Labute approximate surface area is 346 Å². The molecule has 0 aromatic heterocycles. The number of benzene rings is 9. The van der Waals surface area contributed by atoms with Gasteiger partial charge in [-0.2, -0.15) is 0 Å². The quantitative estimate of drug-likeness (QED) is 0.169. The summed E-state index contributed by atoms with van der Waals surface area (Å²) in [5.41, 5.74) is 23.7. The molecule has 1 nitrogen and oxygen atoms in total. The van der Waals surface area contributed by atoms with Crippen LogP contribution in [0.2, 0.25) is 0 Å². The van der Waals surface area contributed by atoms with Gasteiger partial charge >= 0.3 is 0 Å². The lowest BCUT2D eigenvalue weighted by molar-refractivity contribution is 0.660. The number of hydrogen-bond donors (Lipinski definition) is 0. The van der Waals surface area contributed by atoms with Gasteiger partial charge in [0.2, 0.25) is 0 Å². The van der Waals surface area contributed by atoms with E-state index in [0.717, 1.165) is 11.4 Å². The van der Waals surface area contributed by atoms with Crippen molar-refractivity contribution >= 4 is 17.1 Å². The average molecular weight is 752 g/mol. The second-order valence-corrected chi connectivity index (χ2v) is 16.8. The molecule has 59 heavy (non-hydrogen) atoms. The molecule has 0 unspecified atom stereocenters. The molecule has 12 rings (SSSR count). The number of anilines is 3. The Bertz CT molecular complexity index is 3090. The maximum atomic E-state index is 2.56. The van der Waals surface area contributed by atoms with Crippen molar-refractivity contribution in [3.05, 3.63) is 246 Å². The fourth-order valence-corrected chi connectivity index (χ4v) is 10.9. The van der Waals surface area contributed by atoms with Gasteiger partial charge in [0.25, 0.3) is 0 Å². The molecule has 9 aromatic rings. The summed E-state index contributed by atoms with van der Waals surface area (Å²) in [6, 6.07) is 79.2. The van der Waals surface area contributed by atoms with E-state index in [4.69, 9.17) is 0 Å². The molecule has 0 N–H and O–H groups in total. The van der Waals surface area contributed by atoms with E-state index in [0.29, 0.717) is 0 Å². The van der Waals surface area contributed by atoms with Gasteiger partial charge < -0.3 is 4.90 Å². The lowest BCUT2D eigenvalue weighted by Crippen LogP contribution is -2.26. The fraction of sp³-hybridized carbons (Fsp3) is 0.0690. The highest BCUT2D eigenvalue weighted by Gasteiger charge is 2.52. The Morgan fingerprint density at radius 2 is 0.763 bits per heavy atom. The molecular formula is C58H41N. The van der Waals surface area contributed by atoms with Crippen molar-refractivity contribution < 1.29 is 0 Å². The molecule has 0 amide bonds. The van der Waals surface area contributed by atoms with E-state index in [-0.39, 0.29) is 5.41 Å². The smallest absolute Gasteiger partial charge is 0.0726 e. The molecule has 0 atom stereocenters. The summed E-state index contributed by atoms with van der Waals surface area (Å²) >= 11 is 0. The monoisotopic (exact) mass is 751 g/mol. The third-order valence-corrected chi connectivity index (χ3v) is 13.5. The summed E-state index contributed by atoms with van der Waals surface area (Å²) in [7, 11) is 0. The summed E-state index contributed by atoms with van der Waals surface area (Å²) in [6.45, 7) is 4.76. The van der Waals surface area contributed by atoms with Crippen molar-refractivity contribution in [3.8, 4) is 55.6 Å². The first kappa shape index (κ1) is 33.9. The second-order valence-electron chi connectivity index (χ2n) is 16.8. The molecule has 3 aliphatic carbocycles. The van der Waals surface area contributed by atoms with Crippen LogP contribution < -0.4 is 4.90 Å². The van der Waals surface area contributed by atoms with Gasteiger partial charge in [0, 0.05) is 22.2 Å². The van der Waals surface area contributed by atoms with Gasteiger partial charge in [-0.15, -0.1) is 0 Å². The number of para-hydroxylation sites is 1. The van der Waals surface area contributed by atoms with Crippen LogP contribution in [-0.2, 0) is 10.8 Å². The van der Waals surface area contributed by atoms with Crippen LogP contribution in [0, 0.1) is 0 Å². The third kappa shape index (κ3) is 4.67. The lowest BCUT2D eigenvalue weighted by atomic mass is 9.70. The van der Waals surface area contributed by atoms with Crippen LogP contribution in [0.25, 0.3) is 55.6 Å². The molecule has 0 fully saturated rings. The highest BCUT2D eigenvalue weighted by molar-refractivity contribution is 6.02. The maximum absolute atomic E-state index is 2.56. The third-order valence-electron chi connectivity index (χ3n) is 13.5. The standard InChI is InChI=1S/C58H41N/c1-57(2)48-24-11-6-20-43(48)46-36-35-41(37-53(46)57)59(54-29-15-10-19-42(54)40-33-31-39(32-34-40)38-17-4-3-5-18-38)55-30-16-28-52-56(55)47-23-9-14-27-51(47)58(52)49-25-12-7-21-44(49)45-22-8-13-26-50(45)58/h3-37H,1-2H3. The minimum Gasteiger partial charge on any atom is -0.309 e. The second kappa shape index (κ2) is 12.6. The van der Waals surface area contributed by atoms with Gasteiger partial charge in [-0.25, -0.2) is 0 Å². The summed E-state index contributed by atoms with van der Waals surface area (Å²) in [5.74, 6) is 0. The predicted octanol–water partition coefficient (Wildman–Crippen LogP) is 15.1. The van der Waals surface area contributed by atoms with Crippen LogP contribution in [0.3, 0.4) is 0 Å². The minimum atomic E-state index is -0.435. The first-order valence-corrected chi connectivity index (χ1v) is 20.8. The highest BCUT2D eigenvalue weighted by atomic mass is 15.1. The molecule has 3 aliphatic rings. The fourth-order valence-electron chi connectivity index (χ4n) is 10.9. The first-order valence-electron chi connectivity index (χ1n) is 20.8. The Balaban J connectivity index is 1.13. The molecule has 0 heterocycles. The SMILES string of the molecule is CC1(C)c2ccccc2-c2ccc(N(c3ccccc3-c3ccc(-c4ccccc4)cc3)c3cccc4c3-c3ccccc3C43c4ccccc4-c4ccccc43)cc21. The van der Waals surface area contributed by atoms with E-state index in [1.807, 2.05) is 0 Å². The Morgan fingerprint density at radius 3 is 1.44 bits per heavy atom. The van der Waals surface area contributed by atoms with Crippen LogP contribution >= 0.6 is 0 Å². The molecule has 0 saturated heterocycles. The zero-order valence-corrected chi connectivity index (χ0v) is 33.2. The first-order chi connectivity index (χ1) is 29.0. The minimum absolute atomic E-state index is 0.146. The molecule has 9 aromatic carbocycles. The maximum Gasteiger partial charge on any atom is 0.0726 e. The van der Waals surface area contributed by atoms with E-state index in [1.165, 1.54) is 94.7 Å². The highest BCUT2D eigenvalue weighted by Crippen LogP contribution is 2.65. The van der Waals surface area contributed by atoms with Crippen molar-refractivity contribution in [2.75, 3.05) is 4.90 Å². The van der Waals surface area contributed by atoms with E-state index >= 15 is 0 Å². The molecular weight excluding hydrogens is 711 g/mol. The largest absolute Gasteiger partial charge is 0.309 e. The Hall–Kier alpha value is -7.22. The summed E-state index contributed by atoms with van der Waals surface area (Å²) < 4.78 is 0. The average Bonchev–Trinajstić information content (AvgIpc) is 3.86. The molecule has 0 aliphatic heterocycles. The van der Waals surface area contributed by atoms with Crippen LogP contribution in [-0.4, -0.2) is 0 Å². The van der Waals surface area contributed by atoms with Crippen molar-refractivity contribution in [3.63, 3.8) is 0 Å². The van der Waals surface area contributed by atoms with Crippen LogP contribution in [0.15, 0.2) is 212 Å². The van der Waals surface area contributed by atoms with Crippen molar-refractivity contribution in [2.45, 2.75) is 24.7 Å².